The number of carbonyl (C=O) groups is 1. The van der Waals surface area contributed by atoms with E-state index in [1.807, 2.05) is 0 Å². The smallest absolute Gasteiger partial charge is 0.328 e. The van der Waals surface area contributed by atoms with Crippen molar-refractivity contribution in [3.63, 3.8) is 0 Å². The van der Waals surface area contributed by atoms with Crippen molar-refractivity contribution in [2.45, 2.75) is 0 Å². The number of halogens is 3. The Morgan fingerprint density at radius 1 is 1.36 bits per heavy atom. The molecule has 0 bridgehead atoms. The molecule has 1 rings (SSSR count). The Labute approximate surface area is 89.6 Å². The second-order valence-electron chi connectivity index (χ2n) is 2.44. The fraction of sp³-hybridized carbons (Fsp3) is 0. The summed E-state index contributed by atoms with van der Waals surface area (Å²) in [6.45, 7) is 0. The van der Waals surface area contributed by atoms with Gasteiger partial charge in [-0.1, -0.05) is 29.3 Å². The zero-order chi connectivity index (χ0) is 10.7. The van der Waals surface area contributed by atoms with Crippen molar-refractivity contribution in [3.8, 4) is 0 Å². The van der Waals surface area contributed by atoms with Gasteiger partial charge in [0, 0.05) is 6.08 Å². The molecular formula is C9H5Cl2FO2. The molecule has 0 heterocycles. The largest absolute Gasteiger partial charge is 0.478 e. The van der Waals surface area contributed by atoms with Crippen LogP contribution in [0.2, 0.25) is 10.0 Å². The van der Waals surface area contributed by atoms with Crippen molar-refractivity contribution in [3.05, 3.63) is 39.6 Å². The number of hydrogen-bond acceptors (Lipinski definition) is 1. The molecule has 0 unspecified atom stereocenters. The van der Waals surface area contributed by atoms with Gasteiger partial charge in [0.1, 0.15) is 5.82 Å². The highest BCUT2D eigenvalue weighted by atomic mass is 35.5. The first kappa shape index (κ1) is 11.0. The van der Waals surface area contributed by atoms with Crippen LogP contribution in [0.4, 0.5) is 4.39 Å². The van der Waals surface area contributed by atoms with Crippen molar-refractivity contribution in [1.29, 1.82) is 0 Å². The zero-order valence-corrected chi connectivity index (χ0v) is 8.31. The first-order chi connectivity index (χ1) is 6.52. The molecule has 1 aromatic rings. The van der Waals surface area contributed by atoms with E-state index in [2.05, 4.69) is 0 Å². The van der Waals surface area contributed by atoms with Crippen LogP contribution in [-0.2, 0) is 4.79 Å². The van der Waals surface area contributed by atoms with Gasteiger partial charge in [-0.15, -0.1) is 0 Å². The van der Waals surface area contributed by atoms with E-state index in [0.717, 1.165) is 12.1 Å². The fourth-order valence-electron chi connectivity index (χ4n) is 0.831. The van der Waals surface area contributed by atoms with Crippen LogP contribution in [0.5, 0.6) is 0 Å². The van der Waals surface area contributed by atoms with Gasteiger partial charge in [-0.05, 0) is 17.7 Å². The topological polar surface area (TPSA) is 37.3 Å². The third kappa shape index (κ3) is 2.47. The number of benzene rings is 1. The first-order valence-electron chi connectivity index (χ1n) is 3.57. The summed E-state index contributed by atoms with van der Waals surface area (Å²) in [5.74, 6) is -1.74. The maximum absolute atomic E-state index is 12.8. The van der Waals surface area contributed by atoms with Crippen LogP contribution in [0.15, 0.2) is 18.2 Å². The van der Waals surface area contributed by atoms with E-state index >= 15 is 0 Å². The lowest BCUT2D eigenvalue weighted by Gasteiger charge is -2.00. The van der Waals surface area contributed by atoms with Crippen LogP contribution in [0, 0.1) is 5.82 Å². The summed E-state index contributed by atoms with van der Waals surface area (Å²) in [6, 6.07) is 2.47. The predicted molar refractivity (Wildman–Crippen MR) is 53.1 cm³/mol. The number of hydrogen-bond donors (Lipinski definition) is 1. The van der Waals surface area contributed by atoms with Gasteiger partial charge in [-0.25, -0.2) is 9.18 Å². The maximum atomic E-state index is 12.8. The lowest BCUT2D eigenvalue weighted by atomic mass is 10.2. The quantitative estimate of drug-likeness (QED) is 0.631. The summed E-state index contributed by atoms with van der Waals surface area (Å²) in [7, 11) is 0. The van der Waals surface area contributed by atoms with E-state index in [-0.39, 0.29) is 10.0 Å². The second kappa shape index (κ2) is 4.44. The molecule has 0 fully saturated rings. The van der Waals surface area contributed by atoms with Crippen LogP contribution in [0.25, 0.3) is 6.08 Å². The van der Waals surface area contributed by atoms with Crippen LogP contribution >= 0.6 is 23.2 Å². The molecule has 5 heteroatoms. The molecule has 74 valence electrons. The van der Waals surface area contributed by atoms with E-state index in [9.17, 15) is 9.18 Å². The van der Waals surface area contributed by atoms with Crippen molar-refractivity contribution in [2.24, 2.45) is 0 Å². The number of aliphatic carboxylic acids is 1. The molecule has 1 N–H and O–H groups in total. The molecule has 0 radical (unpaired) electrons. The van der Waals surface area contributed by atoms with E-state index in [1.54, 1.807) is 0 Å². The van der Waals surface area contributed by atoms with Crippen LogP contribution in [0.3, 0.4) is 0 Å². The predicted octanol–water partition coefficient (Wildman–Crippen LogP) is 3.23. The van der Waals surface area contributed by atoms with Gasteiger partial charge in [0.05, 0.1) is 10.0 Å². The summed E-state index contributed by atoms with van der Waals surface area (Å²) in [4.78, 5) is 10.2. The third-order valence-corrected chi connectivity index (χ3v) is 2.34. The van der Waals surface area contributed by atoms with E-state index in [4.69, 9.17) is 28.3 Å². The molecule has 0 spiro atoms. The van der Waals surface area contributed by atoms with Crippen molar-refractivity contribution < 1.29 is 14.3 Å². The molecule has 0 saturated carbocycles. The summed E-state index contributed by atoms with van der Waals surface area (Å²) >= 11 is 11.2. The Balaban J connectivity index is 3.12. The molecule has 0 saturated heterocycles. The molecule has 0 aliphatic heterocycles. The van der Waals surface area contributed by atoms with Gasteiger partial charge in [0.15, 0.2) is 0 Å². The van der Waals surface area contributed by atoms with Gasteiger partial charge in [-0.3, -0.25) is 0 Å². The maximum Gasteiger partial charge on any atom is 0.328 e. The molecule has 0 atom stereocenters. The molecule has 0 aromatic heterocycles. The van der Waals surface area contributed by atoms with Crippen molar-refractivity contribution >= 4 is 35.2 Å². The highest BCUT2D eigenvalue weighted by Gasteiger charge is 2.07. The van der Waals surface area contributed by atoms with Crippen LogP contribution in [-0.4, -0.2) is 11.1 Å². The lowest BCUT2D eigenvalue weighted by molar-refractivity contribution is -0.131. The fourth-order valence-corrected chi connectivity index (χ4v) is 1.22. The summed E-state index contributed by atoms with van der Waals surface area (Å²) in [5, 5.41) is 8.15. The normalized spacial score (nSPS) is 10.8. The minimum atomic E-state index is -1.11. The van der Waals surface area contributed by atoms with Crippen molar-refractivity contribution in [1.82, 2.24) is 0 Å². The van der Waals surface area contributed by atoms with Crippen molar-refractivity contribution in [2.75, 3.05) is 0 Å². The number of carboxylic acid groups (broad SMARTS) is 1. The molecule has 2 nitrogen and oxygen atoms in total. The van der Waals surface area contributed by atoms with Gasteiger partial charge in [-0.2, -0.15) is 0 Å². The van der Waals surface area contributed by atoms with E-state index in [1.165, 1.54) is 12.1 Å². The SMILES string of the molecule is O=C(O)C=Cc1ccc(F)c(Cl)c1Cl. The van der Waals surface area contributed by atoms with Gasteiger partial charge >= 0.3 is 5.97 Å². The standard InChI is InChI=1S/C9H5Cl2FO2/c10-8-5(2-4-7(13)14)1-3-6(12)9(8)11/h1-4H,(H,13,14). The summed E-state index contributed by atoms with van der Waals surface area (Å²) in [6.07, 6.45) is 2.14. The van der Waals surface area contributed by atoms with Gasteiger partial charge in [0.25, 0.3) is 0 Å². The van der Waals surface area contributed by atoms with Gasteiger partial charge < -0.3 is 5.11 Å². The molecular weight excluding hydrogens is 230 g/mol. The third-order valence-electron chi connectivity index (χ3n) is 1.47. The van der Waals surface area contributed by atoms with E-state index in [0.29, 0.717) is 5.56 Å². The Morgan fingerprint density at radius 3 is 2.57 bits per heavy atom. The first-order valence-corrected chi connectivity index (χ1v) is 4.32. The molecule has 1 aromatic carbocycles. The lowest BCUT2D eigenvalue weighted by Crippen LogP contribution is -1.87. The Hall–Kier alpha value is -1.06. The summed E-state index contributed by atoms with van der Waals surface area (Å²) < 4.78 is 12.8. The van der Waals surface area contributed by atoms with Crippen LogP contribution in [0.1, 0.15) is 5.56 Å². The molecule has 0 amide bonds. The highest BCUT2D eigenvalue weighted by Crippen LogP contribution is 2.29. The minimum Gasteiger partial charge on any atom is -0.478 e. The monoisotopic (exact) mass is 234 g/mol. The van der Waals surface area contributed by atoms with Gasteiger partial charge in [0.2, 0.25) is 0 Å². The average molecular weight is 235 g/mol. The second-order valence-corrected chi connectivity index (χ2v) is 3.19. The zero-order valence-electron chi connectivity index (χ0n) is 6.80. The Kier molecular flexibility index (Phi) is 3.49. The number of carboxylic acids is 1. The molecule has 0 aliphatic carbocycles. The Bertz CT molecular complexity index is 402. The molecule has 0 aliphatic rings. The highest BCUT2D eigenvalue weighted by molar-refractivity contribution is 6.43. The van der Waals surface area contributed by atoms with E-state index < -0.39 is 11.8 Å². The van der Waals surface area contributed by atoms with Crippen LogP contribution < -0.4 is 0 Å². The molecule has 14 heavy (non-hydrogen) atoms. The number of rotatable bonds is 2. The Morgan fingerprint density at radius 2 is 2.00 bits per heavy atom. The average Bonchev–Trinajstić information content (AvgIpc) is 2.13. The minimum absolute atomic E-state index is 0.00386. The summed E-state index contributed by atoms with van der Waals surface area (Å²) in [5.41, 5.74) is 0.362.